The van der Waals surface area contributed by atoms with Gasteiger partial charge in [-0.15, -0.1) is 0 Å². The zero-order valence-corrected chi connectivity index (χ0v) is 17.9. The van der Waals surface area contributed by atoms with Gasteiger partial charge in [-0.2, -0.15) is 0 Å². The van der Waals surface area contributed by atoms with Crippen molar-refractivity contribution in [1.82, 2.24) is 5.32 Å². The van der Waals surface area contributed by atoms with Gasteiger partial charge in [0.25, 0.3) is 5.91 Å². The van der Waals surface area contributed by atoms with Gasteiger partial charge in [-0.05, 0) is 55.5 Å². The van der Waals surface area contributed by atoms with Gasteiger partial charge in [0, 0.05) is 29.6 Å². The van der Waals surface area contributed by atoms with Crippen LogP contribution in [0.3, 0.4) is 0 Å². The van der Waals surface area contributed by atoms with Crippen LogP contribution in [-0.2, 0) is 16.1 Å². The highest BCUT2D eigenvalue weighted by atomic mass is 16.5. The van der Waals surface area contributed by atoms with E-state index in [1.54, 1.807) is 42.7 Å². The number of rotatable bonds is 12. The van der Waals surface area contributed by atoms with E-state index >= 15 is 0 Å². The highest BCUT2D eigenvalue weighted by molar-refractivity contribution is 5.96. The van der Waals surface area contributed by atoms with Gasteiger partial charge in [0.2, 0.25) is 5.91 Å². The molecule has 3 rings (SSSR count). The summed E-state index contributed by atoms with van der Waals surface area (Å²) in [5, 5.41) is 8.65. The Bertz CT molecular complexity index is 987. The molecule has 0 atom stereocenters. The van der Waals surface area contributed by atoms with Gasteiger partial charge < -0.3 is 29.8 Å². The Morgan fingerprint density at radius 2 is 1.81 bits per heavy atom. The lowest BCUT2D eigenvalue weighted by Gasteiger charge is -2.11. The SMILES string of the molecule is CCOCCOc1cccc(NCC(=O)Nc2ccc(C(=O)NCc3ccco3)cc2)c1. The van der Waals surface area contributed by atoms with Gasteiger partial charge >= 0.3 is 0 Å². The summed E-state index contributed by atoms with van der Waals surface area (Å²) in [4.78, 5) is 24.4. The first kappa shape index (κ1) is 22.9. The molecule has 2 aromatic carbocycles. The van der Waals surface area contributed by atoms with Crippen LogP contribution < -0.4 is 20.7 Å². The number of hydrogen-bond acceptors (Lipinski definition) is 6. The molecular weight excluding hydrogens is 410 g/mol. The van der Waals surface area contributed by atoms with Crippen molar-refractivity contribution in [3.8, 4) is 5.75 Å². The van der Waals surface area contributed by atoms with Crippen LogP contribution in [0, 0.1) is 0 Å². The molecule has 0 fully saturated rings. The molecule has 2 amide bonds. The van der Waals surface area contributed by atoms with Gasteiger partial charge in [0.1, 0.15) is 18.1 Å². The van der Waals surface area contributed by atoms with Crippen LogP contribution in [0.5, 0.6) is 5.75 Å². The van der Waals surface area contributed by atoms with Crippen LogP contribution in [0.4, 0.5) is 11.4 Å². The van der Waals surface area contributed by atoms with Gasteiger partial charge in [0.15, 0.2) is 0 Å². The molecule has 0 unspecified atom stereocenters. The fraction of sp³-hybridized carbons (Fsp3) is 0.250. The average molecular weight is 437 g/mol. The van der Waals surface area contributed by atoms with Crippen molar-refractivity contribution < 1.29 is 23.5 Å². The molecular formula is C24H27N3O5. The summed E-state index contributed by atoms with van der Waals surface area (Å²) in [6, 6.07) is 17.6. The molecule has 168 valence electrons. The van der Waals surface area contributed by atoms with Crippen molar-refractivity contribution in [2.24, 2.45) is 0 Å². The molecule has 3 aromatic rings. The van der Waals surface area contributed by atoms with E-state index in [9.17, 15) is 9.59 Å². The van der Waals surface area contributed by atoms with Gasteiger partial charge in [-0.3, -0.25) is 9.59 Å². The van der Waals surface area contributed by atoms with Crippen LogP contribution in [0.2, 0.25) is 0 Å². The zero-order valence-electron chi connectivity index (χ0n) is 17.9. The van der Waals surface area contributed by atoms with E-state index < -0.39 is 0 Å². The lowest BCUT2D eigenvalue weighted by molar-refractivity contribution is -0.114. The van der Waals surface area contributed by atoms with E-state index in [2.05, 4.69) is 16.0 Å². The lowest BCUT2D eigenvalue weighted by Crippen LogP contribution is -2.23. The first-order chi connectivity index (χ1) is 15.6. The monoisotopic (exact) mass is 437 g/mol. The van der Waals surface area contributed by atoms with Crippen molar-refractivity contribution in [3.05, 3.63) is 78.3 Å². The third kappa shape index (κ3) is 7.48. The Kier molecular flexibility index (Phi) is 8.70. The van der Waals surface area contributed by atoms with E-state index in [-0.39, 0.29) is 18.4 Å². The third-order valence-corrected chi connectivity index (χ3v) is 4.42. The lowest BCUT2D eigenvalue weighted by atomic mass is 10.2. The number of hydrogen-bond donors (Lipinski definition) is 3. The number of carbonyl (C=O) groups excluding carboxylic acids is 2. The van der Waals surface area contributed by atoms with E-state index in [0.717, 1.165) is 5.69 Å². The molecule has 1 heterocycles. The number of carbonyl (C=O) groups is 2. The number of ether oxygens (including phenoxy) is 2. The van der Waals surface area contributed by atoms with Crippen LogP contribution in [0.15, 0.2) is 71.3 Å². The number of benzene rings is 2. The van der Waals surface area contributed by atoms with E-state index in [1.165, 1.54) is 0 Å². The quantitative estimate of drug-likeness (QED) is 0.374. The minimum atomic E-state index is -0.218. The molecule has 3 N–H and O–H groups in total. The maximum Gasteiger partial charge on any atom is 0.251 e. The van der Waals surface area contributed by atoms with Crippen molar-refractivity contribution in [3.63, 3.8) is 0 Å². The maximum atomic E-state index is 12.3. The molecule has 0 aliphatic rings. The second-order valence-corrected chi connectivity index (χ2v) is 6.81. The number of anilines is 2. The number of furan rings is 1. The summed E-state index contributed by atoms with van der Waals surface area (Å²) in [6.07, 6.45) is 1.56. The fourth-order valence-corrected chi connectivity index (χ4v) is 2.83. The molecule has 0 bridgehead atoms. The van der Waals surface area contributed by atoms with Crippen molar-refractivity contribution in [1.29, 1.82) is 0 Å². The predicted octanol–water partition coefficient (Wildman–Crippen LogP) is 3.68. The molecule has 0 saturated heterocycles. The summed E-state index contributed by atoms with van der Waals surface area (Å²) < 4.78 is 16.1. The van der Waals surface area contributed by atoms with Crippen LogP contribution in [0.1, 0.15) is 23.0 Å². The Morgan fingerprint density at radius 3 is 2.56 bits per heavy atom. The molecule has 8 nitrogen and oxygen atoms in total. The maximum absolute atomic E-state index is 12.3. The fourth-order valence-electron chi connectivity index (χ4n) is 2.83. The largest absolute Gasteiger partial charge is 0.491 e. The first-order valence-corrected chi connectivity index (χ1v) is 10.4. The molecule has 0 aliphatic heterocycles. The van der Waals surface area contributed by atoms with Gasteiger partial charge in [-0.25, -0.2) is 0 Å². The van der Waals surface area contributed by atoms with Crippen molar-refractivity contribution in [2.45, 2.75) is 13.5 Å². The van der Waals surface area contributed by atoms with Crippen LogP contribution in [0.25, 0.3) is 0 Å². The third-order valence-electron chi connectivity index (χ3n) is 4.42. The smallest absolute Gasteiger partial charge is 0.251 e. The molecule has 0 aliphatic carbocycles. The first-order valence-electron chi connectivity index (χ1n) is 10.4. The van der Waals surface area contributed by atoms with Crippen molar-refractivity contribution in [2.75, 3.05) is 37.0 Å². The molecule has 0 saturated carbocycles. The van der Waals surface area contributed by atoms with Gasteiger partial charge in [-0.1, -0.05) is 6.07 Å². The summed E-state index contributed by atoms with van der Waals surface area (Å²) >= 11 is 0. The van der Waals surface area contributed by atoms with Crippen LogP contribution >= 0.6 is 0 Å². The highest BCUT2D eigenvalue weighted by Crippen LogP contribution is 2.17. The minimum absolute atomic E-state index is 0.0911. The molecule has 0 radical (unpaired) electrons. The standard InChI is InChI=1S/C24H27N3O5/c1-2-30-13-14-32-21-6-3-5-20(15-21)25-17-23(28)27-19-10-8-18(9-11-19)24(29)26-16-22-7-4-12-31-22/h3-12,15,25H,2,13-14,16-17H2,1H3,(H,26,29)(H,27,28). The topological polar surface area (TPSA) is 102 Å². The zero-order chi connectivity index (χ0) is 22.6. The van der Waals surface area contributed by atoms with Crippen molar-refractivity contribution >= 4 is 23.2 Å². The second kappa shape index (κ2) is 12.2. The molecule has 0 spiro atoms. The molecule has 1 aromatic heterocycles. The van der Waals surface area contributed by atoms with E-state index in [0.29, 0.717) is 49.1 Å². The Labute approximate surface area is 186 Å². The molecule has 8 heteroatoms. The normalized spacial score (nSPS) is 10.4. The van der Waals surface area contributed by atoms with E-state index in [4.69, 9.17) is 13.9 Å². The van der Waals surface area contributed by atoms with E-state index in [1.807, 2.05) is 31.2 Å². The highest BCUT2D eigenvalue weighted by Gasteiger charge is 2.08. The summed E-state index contributed by atoms with van der Waals surface area (Å²) in [5.41, 5.74) is 1.87. The van der Waals surface area contributed by atoms with Crippen LogP contribution in [-0.4, -0.2) is 38.2 Å². The minimum Gasteiger partial charge on any atom is -0.491 e. The predicted molar refractivity (Wildman–Crippen MR) is 122 cm³/mol. The second-order valence-electron chi connectivity index (χ2n) is 6.81. The number of nitrogens with one attached hydrogen (secondary N) is 3. The summed E-state index contributed by atoms with van der Waals surface area (Å²) in [7, 11) is 0. The molecule has 32 heavy (non-hydrogen) atoms. The summed E-state index contributed by atoms with van der Waals surface area (Å²) in [6.45, 7) is 3.99. The number of amides is 2. The average Bonchev–Trinajstić information content (AvgIpc) is 3.34. The Balaban J connectivity index is 1.42. The summed E-state index contributed by atoms with van der Waals surface area (Å²) in [5.74, 6) is 0.959. The Morgan fingerprint density at radius 1 is 0.969 bits per heavy atom. The van der Waals surface area contributed by atoms with Gasteiger partial charge in [0.05, 0.1) is 26.0 Å². The Hall–Kier alpha value is -3.78.